The van der Waals surface area contributed by atoms with E-state index in [2.05, 4.69) is 16.8 Å². The zero-order valence-corrected chi connectivity index (χ0v) is 12.1. The van der Waals surface area contributed by atoms with E-state index in [1.165, 1.54) is 6.07 Å². The highest BCUT2D eigenvalue weighted by molar-refractivity contribution is 5.85. The third-order valence-electron chi connectivity index (χ3n) is 3.41. The minimum Gasteiger partial charge on any atom is -0.314 e. The second-order valence-corrected chi connectivity index (χ2v) is 4.70. The molecule has 1 atom stereocenters. The molecular weight excluding hydrogens is 308 g/mol. The molecule has 1 aliphatic rings. The SMILES string of the molecule is C=C[C@@H](c1ccc(C(F)(F)F)c(F)c1)N1CCNCC1.Cl. The Morgan fingerprint density at radius 3 is 2.33 bits per heavy atom. The summed E-state index contributed by atoms with van der Waals surface area (Å²) >= 11 is 0. The number of nitrogens with one attached hydrogen (secondary N) is 1. The number of hydrogen-bond donors (Lipinski definition) is 1. The Kier molecular flexibility index (Phi) is 6.19. The summed E-state index contributed by atoms with van der Waals surface area (Å²) in [5, 5.41) is 3.19. The summed E-state index contributed by atoms with van der Waals surface area (Å²) in [6, 6.07) is 2.80. The summed E-state index contributed by atoms with van der Waals surface area (Å²) < 4.78 is 51.2. The molecule has 0 bridgehead atoms. The number of piperazine rings is 1. The van der Waals surface area contributed by atoms with Crippen LogP contribution in [-0.4, -0.2) is 31.1 Å². The lowest BCUT2D eigenvalue weighted by Crippen LogP contribution is -2.44. The van der Waals surface area contributed by atoms with Crippen molar-refractivity contribution in [3.63, 3.8) is 0 Å². The summed E-state index contributed by atoms with van der Waals surface area (Å²) in [6.45, 7) is 6.80. The first-order chi connectivity index (χ1) is 9.43. The van der Waals surface area contributed by atoms with Crippen LogP contribution in [0.1, 0.15) is 17.2 Å². The molecule has 0 saturated carbocycles. The van der Waals surface area contributed by atoms with Crippen molar-refractivity contribution in [3.8, 4) is 0 Å². The van der Waals surface area contributed by atoms with Gasteiger partial charge in [0.2, 0.25) is 0 Å². The average molecular weight is 325 g/mol. The summed E-state index contributed by atoms with van der Waals surface area (Å²) in [6.07, 6.45) is -3.03. The highest BCUT2D eigenvalue weighted by Gasteiger charge is 2.34. The minimum atomic E-state index is -4.67. The molecule has 1 heterocycles. The Labute approximate surface area is 127 Å². The Morgan fingerprint density at radius 1 is 1.24 bits per heavy atom. The van der Waals surface area contributed by atoms with E-state index in [0.29, 0.717) is 5.56 Å². The zero-order valence-electron chi connectivity index (χ0n) is 11.3. The molecule has 0 unspecified atom stereocenters. The van der Waals surface area contributed by atoms with E-state index >= 15 is 0 Å². The Hall–Kier alpha value is -1.11. The van der Waals surface area contributed by atoms with Gasteiger partial charge in [0, 0.05) is 26.2 Å². The first-order valence-corrected chi connectivity index (χ1v) is 6.37. The highest BCUT2D eigenvalue weighted by Crippen LogP contribution is 2.33. The highest BCUT2D eigenvalue weighted by atomic mass is 35.5. The third kappa shape index (κ3) is 4.18. The second-order valence-electron chi connectivity index (χ2n) is 4.70. The van der Waals surface area contributed by atoms with E-state index in [0.717, 1.165) is 38.3 Å². The van der Waals surface area contributed by atoms with Gasteiger partial charge in [0.25, 0.3) is 0 Å². The minimum absolute atomic E-state index is 0. The van der Waals surface area contributed by atoms with Crippen molar-refractivity contribution < 1.29 is 17.6 Å². The van der Waals surface area contributed by atoms with E-state index in [-0.39, 0.29) is 18.4 Å². The molecule has 1 N–H and O–H groups in total. The molecule has 2 nitrogen and oxygen atoms in total. The lowest BCUT2D eigenvalue weighted by molar-refractivity contribution is -0.140. The Bertz CT molecular complexity index is 484. The molecule has 21 heavy (non-hydrogen) atoms. The zero-order chi connectivity index (χ0) is 14.8. The van der Waals surface area contributed by atoms with Crippen molar-refractivity contribution in [1.29, 1.82) is 0 Å². The molecular formula is C14H17ClF4N2. The number of alkyl halides is 3. The largest absolute Gasteiger partial charge is 0.419 e. The first kappa shape index (κ1) is 17.9. The van der Waals surface area contributed by atoms with Crippen molar-refractivity contribution in [3.05, 3.63) is 47.8 Å². The molecule has 0 spiro atoms. The predicted octanol–water partition coefficient (Wildman–Crippen LogP) is 3.40. The average Bonchev–Trinajstić information content (AvgIpc) is 2.39. The number of nitrogens with zero attached hydrogens (tertiary/aromatic N) is 1. The molecule has 1 aliphatic heterocycles. The number of halogens is 5. The maximum Gasteiger partial charge on any atom is 0.419 e. The van der Waals surface area contributed by atoms with Gasteiger partial charge in [0.15, 0.2) is 0 Å². The van der Waals surface area contributed by atoms with Crippen LogP contribution >= 0.6 is 12.4 Å². The molecule has 1 fully saturated rings. The Balaban J connectivity index is 0.00000220. The quantitative estimate of drug-likeness (QED) is 0.677. The maximum atomic E-state index is 13.6. The van der Waals surface area contributed by atoms with Crippen LogP contribution in [-0.2, 0) is 6.18 Å². The topological polar surface area (TPSA) is 15.3 Å². The summed E-state index contributed by atoms with van der Waals surface area (Å²) in [7, 11) is 0. The van der Waals surface area contributed by atoms with Crippen molar-refractivity contribution in [2.24, 2.45) is 0 Å². The molecule has 0 radical (unpaired) electrons. The van der Waals surface area contributed by atoms with E-state index < -0.39 is 17.6 Å². The standard InChI is InChI=1S/C14H16F4N2.ClH/c1-2-13(20-7-5-19-6-8-20)10-3-4-11(12(15)9-10)14(16,17)18;/h2-4,9,13,19H,1,5-8H2;1H/t13-;/m0./s1. The molecule has 1 saturated heterocycles. The number of hydrogen-bond acceptors (Lipinski definition) is 2. The van der Waals surface area contributed by atoms with Crippen LogP contribution in [0.15, 0.2) is 30.9 Å². The van der Waals surface area contributed by atoms with Crippen LogP contribution in [0, 0.1) is 5.82 Å². The van der Waals surface area contributed by atoms with Gasteiger partial charge in [-0.3, -0.25) is 4.90 Å². The summed E-state index contributed by atoms with van der Waals surface area (Å²) in [5.74, 6) is -1.24. The smallest absolute Gasteiger partial charge is 0.314 e. The van der Waals surface area contributed by atoms with Gasteiger partial charge < -0.3 is 5.32 Å². The first-order valence-electron chi connectivity index (χ1n) is 6.37. The van der Waals surface area contributed by atoms with E-state index in [1.807, 2.05) is 0 Å². The van der Waals surface area contributed by atoms with E-state index in [9.17, 15) is 17.6 Å². The van der Waals surface area contributed by atoms with Crippen LogP contribution in [0.3, 0.4) is 0 Å². The third-order valence-corrected chi connectivity index (χ3v) is 3.41. The van der Waals surface area contributed by atoms with Gasteiger partial charge in [0.05, 0.1) is 11.6 Å². The summed E-state index contributed by atoms with van der Waals surface area (Å²) in [4.78, 5) is 2.06. The van der Waals surface area contributed by atoms with Crippen molar-refractivity contribution in [1.82, 2.24) is 10.2 Å². The monoisotopic (exact) mass is 324 g/mol. The van der Waals surface area contributed by atoms with Crippen LogP contribution in [0.2, 0.25) is 0 Å². The van der Waals surface area contributed by atoms with Gasteiger partial charge in [0.1, 0.15) is 5.82 Å². The molecule has 0 aliphatic carbocycles. The van der Waals surface area contributed by atoms with Gasteiger partial charge in [-0.1, -0.05) is 12.1 Å². The fraction of sp³-hybridized carbons (Fsp3) is 0.429. The lowest BCUT2D eigenvalue weighted by atomic mass is 10.0. The lowest BCUT2D eigenvalue weighted by Gasteiger charge is -2.33. The number of benzene rings is 1. The fourth-order valence-corrected chi connectivity index (χ4v) is 2.40. The molecule has 1 aromatic carbocycles. The van der Waals surface area contributed by atoms with Gasteiger partial charge in [-0.15, -0.1) is 19.0 Å². The molecule has 0 amide bonds. The van der Waals surface area contributed by atoms with Gasteiger partial charge in [-0.05, 0) is 17.7 Å². The van der Waals surface area contributed by atoms with E-state index in [4.69, 9.17) is 0 Å². The Morgan fingerprint density at radius 2 is 1.86 bits per heavy atom. The molecule has 2 rings (SSSR count). The van der Waals surface area contributed by atoms with Gasteiger partial charge in [-0.2, -0.15) is 13.2 Å². The van der Waals surface area contributed by atoms with Crippen LogP contribution < -0.4 is 5.32 Å². The van der Waals surface area contributed by atoms with Crippen LogP contribution in [0.25, 0.3) is 0 Å². The number of rotatable bonds is 3. The fourth-order valence-electron chi connectivity index (χ4n) is 2.40. The van der Waals surface area contributed by atoms with Crippen LogP contribution in [0.5, 0.6) is 0 Å². The molecule has 1 aromatic rings. The maximum absolute atomic E-state index is 13.6. The van der Waals surface area contributed by atoms with Crippen molar-refractivity contribution in [2.45, 2.75) is 12.2 Å². The normalized spacial score (nSPS) is 17.9. The van der Waals surface area contributed by atoms with E-state index in [1.54, 1.807) is 6.08 Å². The molecule has 118 valence electrons. The van der Waals surface area contributed by atoms with Crippen molar-refractivity contribution >= 4 is 12.4 Å². The van der Waals surface area contributed by atoms with Gasteiger partial charge >= 0.3 is 6.18 Å². The van der Waals surface area contributed by atoms with Crippen molar-refractivity contribution in [2.75, 3.05) is 26.2 Å². The van der Waals surface area contributed by atoms with Gasteiger partial charge in [-0.25, -0.2) is 4.39 Å². The second kappa shape index (κ2) is 7.24. The molecule has 0 aromatic heterocycles. The van der Waals surface area contributed by atoms with Crippen LogP contribution in [0.4, 0.5) is 17.6 Å². The molecule has 7 heteroatoms. The predicted molar refractivity (Wildman–Crippen MR) is 76.0 cm³/mol. The summed E-state index contributed by atoms with van der Waals surface area (Å²) in [5.41, 5.74) is -0.739.